The summed E-state index contributed by atoms with van der Waals surface area (Å²) < 4.78 is 31.3. The van der Waals surface area contributed by atoms with Crippen LogP contribution in [-0.4, -0.2) is 30.0 Å². The number of aromatic nitrogens is 4. The molecule has 1 N–H and O–H groups in total. The molecule has 0 spiro atoms. The summed E-state index contributed by atoms with van der Waals surface area (Å²) in [6.07, 6.45) is -1.39. The van der Waals surface area contributed by atoms with Crippen molar-refractivity contribution in [3.8, 4) is 5.69 Å². The molecule has 0 bridgehead atoms. The summed E-state index contributed by atoms with van der Waals surface area (Å²) in [7, 11) is 0. The normalized spacial score (nSPS) is 12.5. The van der Waals surface area contributed by atoms with Gasteiger partial charge in [0.1, 0.15) is 11.6 Å². The highest BCUT2D eigenvalue weighted by molar-refractivity contribution is 7.99. The quantitative estimate of drug-likeness (QED) is 0.389. The Morgan fingerprint density at radius 3 is 2.39 bits per heavy atom. The van der Waals surface area contributed by atoms with Gasteiger partial charge in [-0.2, -0.15) is 0 Å². The first kappa shape index (κ1) is 21.3. The number of halogens is 2. The standard InChI is InChI=1S/C24H18F2N4O2S/c1-14-9-11-15(12-10-14)29-22(32)16-5-2-3-8-19(16)30-23(29)27-28-24(30)33-13-20(31)21-17(25)6-4-7-18(21)26/h2-12,20,31H,13H2,1H3. The van der Waals surface area contributed by atoms with E-state index in [-0.39, 0.29) is 16.9 Å². The van der Waals surface area contributed by atoms with E-state index in [9.17, 15) is 18.7 Å². The van der Waals surface area contributed by atoms with Gasteiger partial charge < -0.3 is 5.11 Å². The molecule has 33 heavy (non-hydrogen) atoms. The van der Waals surface area contributed by atoms with E-state index in [1.54, 1.807) is 28.7 Å². The van der Waals surface area contributed by atoms with Gasteiger partial charge in [0.2, 0.25) is 5.78 Å². The van der Waals surface area contributed by atoms with Gasteiger partial charge in [-0.05, 0) is 43.3 Å². The van der Waals surface area contributed by atoms with Gasteiger partial charge in [-0.3, -0.25) is 9.20 Å². The van der Waals surface area contributed by atoms with Gasteiger partial charge >= 0.3 is 0 Å². The topological polar surface area (TPSA) is 72.4 Å². The smallest absolute Gasteiger partial charge is 0.267 e. The number of para-hydroxylation sites is 1. The lowest BCUT2D eigenvalue weighted by Gasteiger charge is -2.13. The van der Waals surface area contributed by atoms with Crippen molar-refractivity contribution in [2.24, 2.45) is 0 Å². The van der Waals surface area contributed by atoms with E-state index in [4.69, 9.17) is 0 Å². The van der Waals surface area contributed by atoms with Crippen LogP contribution in [0.4, 0.5) is 8.78 Å². The second-order valence-electron chi connectivity index (χ2n) is 7.57. The minimum atomic E-state index is -1.39. The lowest BCUT2D eigenvalue weighted by atomic mass is 10.1. The van der Waals surface area contributed by atoms with E-state index in [2.05, 4.69) is 10.2 Å². The zero-order valence-corrected chi connectivity index (χ0v) is 18.3. The number of fused-ring (bicyclic) bond motifs is 3. The highest BCUT2D eigenvalue weighted by Crippen LogP contribution is 2.29. The first-order chi connectivity index (χ1) is 16.0. The Labute approximate surface area is 191 Å². The van der Waals surface area contributed by atoms with E-state index in [1.165, 1.54) is 10.6 Å². The van der Waals surface area contributed by atoms with Gasteiger partial charge in [0.05, 0.1) is 28.3 Å². The summed E-state index contributed by atoms with van der Waals surface area (Å²) in [4.78, 5) is 13.3. The first-order valence-electron chi connectivity index (χ1n) is 10.2. The molecule has 1 unspecified atom stereocenters. The van der Waals surface area contributed by atoms with E-state index < -0.39 is 17.7 Å². The third-order valence-electron chi connectivity index (χ3n) is 5.39. The summed E-state index contributed by atoms with van der Waals surface area (Å²) in [5.41, 5.74) is 1.66. The van der Waals surface area contributed by atoms with Crippen molar-refractivity contribution in [2.75, 3.05) is 5.75 Å². The number of rotatable bonds is 5. The van der Waals surface area contributed by atoms with Crippen LogP contribution in [0.3, 0.4) is 0 Å². The fourth-order valence-electron chi connectivity index (χ4n) is 3.76. The molecule has 0 fully saturated rings. The van der Waals surface area contributed by atoms with Gasteiger partial charge in [0.15, 0.2) is 5.16 Å². The monoisotopic (exact) mass is 464 g/mol. The number of aryl methyl sites for hydroxylation is 1. The summed E-state index contributed by atoms with van der Waals surface area (Å²) in [5.74, 6) is -1.38. The second kappa shape index (κ2) is 8.42. The molecule has 6 nitrogen and oxygen atoms in total. The van der Waals surface area contributed by atoms with Crippen LogP contribution in [0.15, 0.2) is 76.7 Å². The Balaban J connectivity index is 1.63. The van der Waals surface area contributed by atoms with Gasteiger partial charge in [0, 0.05) is 5.75 Å². The van der Waals surface area contributed by atoms with Gasteiger partial charge in [-0.25, -0.2) is 13.3 Å². The SMILES string of the molecule is Cc1ccc(-n2c(=O)c3ccccc3n3c(SCC(O)c4c(F)cccc4F)nnc23)cc1. The van der Waals surface area contributed by atoms with Crippen molar-refractivity contribution in [2.45, 2.75) is 18.2 Å². The number of benzene rings is 3. The lowest BCUT2D eigenvalue weighted by molar-refractivity contribution is 0.193. The third-order valence-corrected chi connectivity index (χ3v) is 6.39. The van der Waals surface area contributed by atoms with Crippen molar-refractivity contribution in [3.63, 3.8) is 0 Å². The maximum atomic E-state index is 14.1. The maximum Gasteiger partial charge on any atom is 0.267 e. The summed E-state index contributed by atoms with van der Waals surface area (Å²) in [6.45, 7) is 1.96. The number of nitrogens with zero attached hydrogens (tertiary/aromatic N) is 4. The minimum absolute atomic E-state index is 0.0589. The van der Waals surface area contributed by atoms with Crippen LogP contribution in [0.5, 0.6) is 0 Å². The molecule has 2 aromatic heterocycles. The minimum Gasteiger partial charge on any atom is -0.387 e. The molecular weight excluding hydrogens is 446 g/mol. The number of hydrogen-bond acceptors (Lipinski definition) is 5. The number of thioether (sulfide) groups is 1. The fraction of sp³-hybridized carbons (Fsp3) is 0.125. The van der Waals surface area contributed by atoms with Gasteiger partial charge in [-0.15, -0.1) is 10.2 Å². The van der Waals surface area contributed by atoms with Crippen LogP contribution < -0.4 is 5.56 Å². The Kier molecular flexibility index (Phi) is 5.43. The average Bonchev–Trinajstić information content (AvgIpc) is 3.23. The second-order valence-corrected chi connectivity index (χ2v) is 8.56. The van der Waals surface area contributed by atoms with Crippen molar-refractivity contribution >= 4 is 28.4 Å². The predicted octanol–water partition coefficient (Wildman–Crippen LogP) is 4.45. The number of aliphatic hydroxyl groups excluding tert-OH is 1. The third kappa shape index (κ3) is 3.69. The molecule has 0 aliphatic heterocycles. The van der Waals surface area contributed by atoms with Crippen molar-refractivity contribution in [1.29, 1.82) is 0 Å². The fourth-order valence-corrected chi connectivity index (χ4v) is 4.65. The first-order valence-corrected chi connectivity index (χ1v) is 11.1. The van der Waals surface area contributed by atoms with Crippen LogP contribution in [0, 0.1) is 18.6 Å². The molecule has 5 aromatic rings. The highest BCUT2D eigenvalue weighted by Gasteiger charge is 2.21. The summed E-state index contributed by atoms with van der Waals surface area (Å²) >= 11 is 1.09. The summed E-state index contributed by atoms with van der Waals surface area (Å²) in [6, 6.07) is 18.0. The molecule has 9 heteroatoms. The Hall–Kier alpha value is -3.56. The number of hydrogen-bond donors (Lipinski definition) is 1. The maximum absolute atomic E-state index is 14.1. The zero-order valence-electron chi connectivity index (χ0n) is 17.4. The molecule has 0 saturated carbocycles. The molecule has 0 saturated heterocycles. The van der Waals surface area contributed by atoms with E-state index in [0.717, 1.165) is 29.5 Å². The summed E-state index contributed by atoms with van der Waals surface area (Å²) in [5, 5.41) is 19.8. The molecule has 2 heterocycles. The predicted molar refractivity (Wildman–Crippen MR) is 123 cm³/mol. The molecule has 3 aromatic carbocycles. The van der Waals surface area contributed by atoms with E-state index >= 15 is 0 Å². The lowest BCUT2D eigenvalue weighted by Crippen LogP contribution is -2.21. The Morgan fingerprint density at radius 1 is 0.970 bits per heavy atom. The molecule has 166 valence electrons. The largest absolute Gasteiger partial charge is 0.387 e. The van der Waals surface area contributed by atoms with Crippen molar-refractivity contribution in [1.82, 2.24) is 19.2 Å². The van der Waals surface area contributed by atoms with E-state index in [1.807, 2.05) is 31.2 Å². The molecule has 0 aliphatic rings. The van der Waals surface area contributed by atoms with Crippen molar-refractivity contribution in [3.05, 3.63) is 99.8 Å². The van der Waals surface area contributed by atoms with Crippen LogP contribution in [0.25, 0.3) is 22.4 Å². The molecule has 1 atom stereocenters. The molecule has 0 aliphatic carbocycles. The molecule has 0 amide bonds. The molecule has 5 rings (SSSR count). The highest BCUT2D eigenvalue weighted by atomic mass is 32.2. The van der Waals surface area contributed by atoms with Crippen LogP contribution in [-0.2, 0) is 0 Å². The van der Waals surface area contributed by atoms with E-state index in [0.29, 0.717) is 27.5 Å². The molecular formula is C24H18F2N4O2S. The van der Waals surface area contributed by atoms with Gasteiger partial charge in [-0.1, -0.05) is 47.7 Å². The Morgan fingerprint density at radius 2 is 1.67 bits per heavy atom. The van der Waals surface area contributed by atoms with Crippen molar-refractivity contribution < 1.29 is 13.9 Å². The van der Waals surface area contributed by atoms with Crippen LogP contribution >= 0.6 is 11.8 Å². The van der Waals surface area contributed by atoms with Gasteiger partial charge in [0.25, 0.3) is 5.56 Å². The molecule has 0 radical (unpaired) electrons. The number of aliphatic hydroxyl groups is 1. The zero-order chi connectivity index (χ0) is 23.1. The van der Waals surface area contributed by atoms with Crippen LogP contribution in [0.2, 0.25) is 0 Å². The Bertz CT molecular complexity index is 1530. The average molecular weight is 464 g/mol. The van der Waals surface area contributed by atoms with Crippen LogP contribution in [0.1, 0.15) is 17.2 Å².